The Morgan fingerprint density at radius 3 is 2.50 bits per heavy atom. The quantitative estimate of drug-likeness (QED) is 0.816. The van der Waals surface area contributed by atoms with E-state index in [4.69, 9.17) is 4.52 Å². The maximum atomic E-state index is 13.0. The van der Waals surface area contributed by atoms with Crippen LogP contribution in [0.5, 0.6) is 0 Å². The van der Waals surface area contributed by atoms with Gasteiger partial charge in [-0.1, -0.05) is 5.16 Å². The molecule has 1 aromatic rings. The molecule has 18 heavy (non-hydrogen) atoms. The van der Waals surface area contributed by atoms with E-state index in [2.05, 4.69) is 5.16 Å². The summed E-state index contributed by atoms with van der Waals surface area (Å²) in [6.07, 6.45) is -0.326. The van der Waals surface area contributed by atoms with E-state index in [0.29, 0.717) is 11.5 Å². The molecule has 0 unspecified atom stereocenters. The highest BCUT2D eigenvalue weighted by molar-refractivity contribution is 5.79. The first-order valence-electron chi connectivity index (χ1n) is 5.96. The minimum atomic E-state index is -2.63. The van der Waals surface area contributed by atoms with Gasteiger partial charge in [0.15, 0.2) is 0 Å². The zero-order valence-electron chi connectivity index (χ0n) is 10.5. The van der Waals surface area contributed by atoms with Crippen molar-refractivity contribution in [2.24, 2.45) is 0 Å². The summed E-state index contributed by atoms with van der Waals surface area (Å²) in [5.74, 6) is -2.15. The maximum absolute atomic E-state index is 13.0. The molecule has 1 aromatic heterocycles. The summed E-state index contributed by atoms with van der Waals surface area (Å²) < 4.78 is 30.9. The second-order valence-electron chi connectivity index (χ2n) is 4.72. The second kappa shape index (κ2) is 4.66. The van der Waals surface area contributed by atoms with E-state index < -0.39 is 5.92 Å². The van der Waals surface area contributed by atoms with E-state index in [1.165, 1.54) is 4.90 Å². The van der Waals surface area contributed by atoms with Crippen LogP contribution in [0.4, 0.5) is 8.78 Å². The minimum Gasteiger partial charge on any atom is -0.361 e. The molecule has 2 rings (SSSR count). The number of aryl methyl sites for hydroxylation is 2. The van der Waals surface area contributed by atoms with Crippen molar-refractivity contribution in [2.75, 3.05) is 13.1 Å². The van der Waals surface area contributed by atoms with E-state index in [9.17, 15) is 13.6 Å². The monoisotopic (exact) mass is 258 g/mol. The van der Waals surface area contributed by atoms with Crippen molar-refractivity contribution in [3.8, 4) is 0 Å². The smallest absolute Gasteiger partial charge is 0.251 e. The number of carbonyl (C=O) groups is 1. The highest BCUT2D eigenvalue weighted by Crippen LogP contribution is 2.28. The summed E-state index contributed by atoms with van der Waals surface area (Å²) >= 11 is 0. The predicted octanol–water partition coefficient (Wildman–Crippen LogP) is 2.09. The van der Waals surface area contributed by atoms with Crippen molar-refractivity contribution in [2.45, 2.75) is 39.0 Å². The van der Waals surface area contributed by atoms with Crippen molar-refractivity contribution >= 4 is 5.91 Å². The molecule has 100 valence electrons. The van der Waals surface area contributed by atoms with Gasteiger partial charge in [-0.25, -0.2) is 8.78 Å². The van der Waals surface area contributed by atoms with Crippen LogP contribution in [-0.4, -0.2) is 35.0 Å². The molecule has 0 N–H and O–H groups in total. The van der Waals surface area contributed by atoms with Crippen LogP contribution in [0.1, 0.15) is 29.9 Å². The molecule has 4 nitrogen and oxygen atoms in total. The lowest BCUT2D eigenvalue weighted by Crippen LogP contribution is -2.43. The highest BCUT2D eigenvalue weighted by Gasteiger charge is 2.35. The van der Waals surface area contributed by atoms with Crippen LogP contribution in [0.25, 0.3) is 0 Å². The second-order valence-corrected chi connectivity index (χ2v) is 4.72. The number of rotatable bonds is 2. The van der Waals surface area contributed by atoms with E-state index in [1.54, 1.807) is 13.8 Å². The van der Waals surface area contributed by atoms with Gasteiger partial charge >= 0.3 is 0 Å². The number of hydrogen-bond donors (Lipinski definition) is 0. The molecule has 0 radical (unpaired) electrons. The molecule has 0 bridgehead atoms. The molecule has 6 heteroatoms. The summed E-state index contributed by atoms with van der Waals surface area (Å²) in [6, 6.07) is 0. The van der Waals surface area contributed by atoms with E-state index in [1.807, 2.05) is 0 Å². The average Bonchev–Trinajstić information content (AvgIpc) is 2.60. The lowest BCUT2D eigenvalue weighted by Gasteiger charge is -2.31. The number of carbonyl (C=O) groups excluding carboxylic acids is 1. The standard InChI is InChI=1S/C12H16F2N2O2/c1-8-10(9(2)18-15-8)7-11(17)16-5-3-12(13,14)4-6-16/h3-7H2,1-2H3. The number of nitrogens with zero attached hydrogens (tertiary/aromatic N) is 2. The van der Waals surface area contributed by atoms with Crippen LogP contribution >= 0.6 is 0 Å². The van der Waals surface area contributed by atoms with Gasteiger partial charge in [-0.2, -0.15) is 0 Å². The minimum absolute atomic E-state index is 0.120. The Morgan fingerprint density at radius 1 is 1.39 bits per heavy atom. The zero-order chi connectivity index (χ0) is 13.3. The van der Waals surface area contributed by atoms with Crippen molar-refractivity contribution in [1.29, 1.82) is 0 Å². The first-order chi connectivity index (χ1) is 8.39. The fourth-order valence-electron chi connectivity index (χ4n) is 2.10. The first-order valence-corrected chi connectivity index (χ1v) is 5.96. The zero-order valence-corrected chi connectivity index (χ0v) is 10.5. The van der Waals surface area contributed by atoms with Crippen molar-refractivity contribution < 1.29 is 18.1 Å². The number of piperidine rings is 1. The van der Waals surface area contributed by atoms with Gasteiger partial charge in [0.1, 0.15) is 5.76 Å². The lowest BCUT2D eigenvalue weighted by atomic mass is 10.0. The van der Waals surface area contributed by atoms with Crippen molar-refractivity contribution in [1.82, 2.24) is 10.1 Å². The molecule has 0 atom stereocenters. The van der Waals surface area contributed by atoms with Crippen molar-refractivity contribution in [3.05, 3.63) is 17.0 Å². The van der Waals surface area contributed by atoms with Gasteiger partial charge in [-0.3, -0.25) is 4.79 Å². The van der Waals surface area contributed by atoms with E-state index in [0.717, 1.165) is 5.56 Å². The summed E-state index contributed by atoms with van der Waals surface area (Å²) in [5.41, 5.74) is 1.44. The highest BCUT2D eigenvalue weighted by atomic mass is 19.3. The Hall–Kier alpha value is -1.46. The molecular formula is C12H16F2N2O2. The Balaban J connectivity index is 1.97. The molecule has 1 aliphatic heterocycles. The van der Waals surface area contributed by atoms with Crippen LogP contribution in [-0.2, 0) is 11.2 Å². The molecule has 0 aliphatic carbocycles. The van der Waals surface area contributed by atoms with Gasteiger partial charge in [0.25, 0.3) is 5.92 Å². The molecule has 1 fully saturated rings. The maximum Gasteiger partial charge on any atom is 0.251 e. The third-order valence-electron chi connectivity index (χ3n) is 3.36. The molecule has 1 aliphatic rings. The fraction of sp³-hybridized carbons (Fsp3) is 0.667. The Morgan fingerprint density at radius 2 is 2.00 bits per heavy atom. The summed E-state index contributed by atoms with van der Waals surface area (Å²) in [6.45, 7) is 3.75. The topological polar surface area (TPSA) is 46.3 Å². The fourth-order valence-corrected chi connectivity index (χ4v) is 2.10. The normalized spacial score (nSPS) is 19.0. The van der Waals surface area contributed by atoms with Gasteiger partial charge in [0, 0.05) is 31.5 Å². The molecule has 0 aromatic carbocycles. The van der Waals surface area contributed by atoms with E-state index >= 15 is 0 Å². The molecule has 0 saturated carbocycles. The van der Waals surface area contributed by atoms with Gasteiger partial charge in [-0.15, -0.1) is 0 Å². The number of amides is 1. The van der Waals surface area contributed by atoms with Gasteiger partial charge in [-0.05, 0) is 13.8 Å². The number of hydrogen-bond acceptors (Lipinski definition) is 3. The van der Waals surface area contributed by atoms with Crippen LogP contribution in [0.15, 0.2) is 4.52 Å². The number of alkyl halides is 2. The number of aromatic nitrogens is 1. The molecule has 2 heterocycles. The third-order valence-corrected chi connectivity index (χ3v) is 3.36. The van der Waals surface area contributed by atoms with Gasteiger partial charge in [0.05, 0.1) is 12.1 Å². The number of likely N-dealkylation sites (tertiary alicyclic amines) is 1. The van der Waals surface area contributed by atoms with Crippen molar-refractivity contribution in [3.63, 3.8) is 0 Å². The third kappa shape index (κ3) is 2.68. The van der Waals surface area contributed by atoms with E-state index in [-0.39, 0.29) is 38.3 Å². The van der Waals surface area contributed by atoms with Gasteiger partial charge in [0.2, 0.25) is 5.91 Å². The van der Waals surface area contributed by atoms with Gasteiger partial charge < -0.3 is 9.42 Å². The molecule has 0 spiro atoms. The Labute approximate surface area is 104 Å². The molecule has 1 amide bonds. The first kappa shape index (κ1) is 13.0. The summed E-state index contributed by atoms with van der Waals surface area (Å²) in [5, 5.41) is 3.77. The lowest BCUT2D eigenvalue weighted by molar-refractivity contribution is -0.136. The van der Waals surface area contributed by atoms with Crippen LogP contribution in [0.2, 0.25) is 0 Å². The Kier molecular flexibility index (Phi) is 3.36. The SMILES string of the molecule is Cc1noc(C)c1CC(=O)N1CCC(F)(F)CC1. The Bertz CT molecular complexity index is 427. The number of halogens is 2. The van der Waals surface area contributed by atoms with Crippen LogP contribution < -0.4 is 0 Å². The average molecular weight is 258 g/mol. The predicted molar refractivity (Wildman–Crippen MR) is 60.4 cm³/mol. The molecule has 1 saturated heterocycles. The summed E-state index contributed by atoms with van der Waals surface area (Å²) in [7, 11) is 0. The largest absolute Gasteiger partial charge is 0.361 e. The van der Waals surface area contributed by atoms with Crippen LogP contribution in [0, 0.1) is 13.8 Å². The van der Waals surface area contributed by atoms with Crippen LogP contribution in [0.3, 0.4) is 0 Å². The molecular weight excluding hydrogens is 242 g/mol. The summed E-state index contributed by atoms with van der Waals surface area (Å²) in [4.78, 5) is 13.5.